The van der Waals surface area contributed by atoms with Gasteiger partial charge >= 0.3 is 0 Å². The third-order valence-corrected chi connectivity index (χ3v) is 3.52. The van der Waals surface area contributed by atoms with Gasteiger partial charge in [-0.05, 0) is 48.4 Å². The van der Waals surface area contributed by atoms with Crippen molar-refractivity contribution in [2.75, 3.05) is 25.9 Å². The molecule has 2 aromatic rings. The van der Waals surface area contributed by atoms with Gasteiger partial charge in [0.1, 0.15) is 11.5 Å². The molecule has 1 unspecified atom stereocenters. The molecule has 2 rings (SSSR count). The third kappa shape index (κ3) is 4.38. The molecule has 0 saturated heterocycles. The maximum Gasteiger partial charge on any atom is 0.138 e. The number of hydrogen-bond donors (Lipinski definition) is 4. The largest absolute Gasteiger partial charge is 0.506 e. The molecule has 0 bridgehead atoms. The Morgan fingerprint density at radius 1 is 1.18 bits per heavy atom. The van der Waals surface area contributed by atoms with Crippen molar-refractivity contribution >= 4 is 5.69 Å². The highest BCUT2D eigenvalue weighted by Crippen LogP contribution is 2.23. The number of nitrogens with two attached hydrogens (primary N) is 1. The molecular weight excluding hydrogens is 280 g/mol. The predicted molar refractivity (Wildman–Crippen MR) is 87.0 cm³/mol. The van der Waals surface area contributed by atoms with Gasteiger partial charge in [0, 0.05) is 6.54 Å². The molecule has 0 aliphatic carbocycles. The molecule has 0 radical (unpaired) electrons. The summed E-state index contributed by atoms with van der Waals surface area (Å²) in [5, 5.41) is 22.7. The van der Waals surface area contributed by atoms with Crippen molar-refractivity contribution in [3.8, 4) is 11.5 Å². The van der Waals surface area contributed by atoms with Gasteiger partial charge in [0.2, 0.25) is 0 Å². The Bertz CT molecular complexity index is 599. The molecule has 0 fully saturated rings. The first kappa shape index (κ1) is 16.1. The van der Waals surface area contributed by atoms with E-state index in [4.69, 9.17) is 10.5 Å². The van der Waals surface area contributed by atoms with Crippen LogP contribution in [0.1, 0.15) is 17.2 Å². The minimum atomic E-state index is -0.654. The van der Waals surface area contributed by atoms with Crippen LogP contribution < -0.4 is 15.8 Å². The Hall–Kier alpha value is -2.24. The fourth-order valence-corrected chi connectivity index (χ4v) is 2.16. The van der Waals surface area contributed by atoms with E-state index in [9.17, 15) is 10.2 Å². The van der Waals surface area contributed by atoms with Gasteiger partial charge < -0.3 is 26.0 Å². The number of hydrogen-bond acceptors (Lipinski definition) is 5. The van der Waals surface area contributed by atoms with Gasteiger partial charge in [-0.1, -0.05) is 18.2 Å². The van der Waals surface area contributed by atoms with Crippen LogP contribution in [-0.4, -0.2) is 30.4 Å². The summed E-state index contributed by atoms with van der Waals surface area (Å²) in [6.07, 6.45) is 0.216. The Labute approximate surface area is 130 Å². The first-order valence-corrected chi connectivity index (χ1v) is 7.20. The van der Waals surface area contributed by atoms with Gasteiger partial charge in [0.25, 0.3) is 0 Å². The van der Waals surface area contributed by atoms with Gasteiger partial charge in [-0.2, -0.15) is 0 Å². The third-order valence-electron chi connectivity index (χ3n) is 3.52. The molecule has 5 nitrogen and oxygen atoms in total. The van der Waals surface area contributed by atoms with Crippen molar-refractivity contribution in [2.45, 2.75) is 12.5 Å². The lowest BCUT2D eigenvalue weighted by Gasteiger charge is -2.13. The molecule has 0 aliphatic heterocycles. The van der Waals surface area contributed by atoms with E-state index in [1.165, 1.54) is 11.6 Å². The van der Waals surface area contributed by atoms with Gasteiger partial charge in [-0.15, -0.1) is 0 Å². The number of anilines is 1. The van der Waals surface area contributed by atoms with Crippen LogP contribution in [0.3, 0.4) is 0 Å². The average Bonchev–Trinajstić information content (AvgIpc) is 2.54. The van der Waals surface area contributed by atoms with Crippen LogP contribution in [0.2, 0.25) is 0 Å². The van der Waals surface area contributed by atoms with E-state index < -0.39 is 6.10 Å². The van der Waals surface area contributed by atoms with Gasteiger partial charge in [0.05, 0.1) is 18.9 Å². The molecular formula is C17H22N2O3. The minimum absolute atomic E-state index is 0.0309. The van der Waals surface area contributed by atoms with E-state index in [-0.39, 0.29) is 11.4 Å². The number of nitrogens with one attached hydrogen (secondary N) is 1. The summed E-state index contributed by atoms with van der Waals surface area (Å²) in [7, 11) is 1.65. The second-order valence-corrected chi connectivity index (χ2v) is 5.14. The quantitative estimate of drug-likeness (QED) is 0.356. The number of aliphatic hydroxyl groups is 1. The van der Waals surface area contributed by atoms with E-state index >= 15 is 0 Å². The molecule has 0 heterocycles. The topological polar surface area (TPSA) is 87.7 Å². The van der Waals surface area contributed by atoms with Crippen molar-refractivity contribution in [3.05, 3.63) is 53.6 Å². The fourth-order valence-electron chi connectivity index (χ4n) is 2.16. The molecule has 22 heavy (non-hydrogen) atoms. The van der Waals surface area contributed by atoms with Crippen molar-refractivity contribution < 1.29 is 14.9 Å². The average molecular weight is 302 g/mol. The second kappa shape index (κ2) is 7.68. The molecule has 0 aromatic heterocycles. The molecule has 2 aromatic carbocycles. The molecule has 0 saturated carbocycles. The van der Waals surface area contributed by atoms with Crippen LogP contribution in [0.4, 0.5) is 5.69 Å². The Morgan fingerprint density at radius 3 is 2.55 bits per heavy atom. The summed E-state index contributed by atoms with van der Waals surface area (Å²) in [6.45, 7) is 1.19. The highest BCUT2D eigenvalue weighted by atomic mass is 16.5. The zero-order valence-electron chi connectivity index (χ0n) is 12.6. The van der Waals surface area contributed by atoms with Crippen molar-refractivity contribution in [1.82, 2.24) is 5.32 Å². The van der Waals surface area contributed by atoms with Crippen LogP contribution >= 0.6 is 0 Å². The van der Waals surface area contributed by atoms with Gasteiger partial charge in [0.15, 0.2) is 0 Å². The van der Waals surface area contributed by atoms with E-state index in [1.807, 2.05) is 24.3 Å². The summed E-state index contributed by atoms with van der Waals surface area (Å²) in [5.74, 6) is 0.875. The van der Waals surface area contributed by atoms with Gasteiger partial charge in [-0.25, -0.2) is 0 Å². The fraction of sp³-hybridized carbons (Fsp3) is 0.294. The number of benzene rings is 2. The number of rotatable bonds is 7. The molecule has 0 amide bonds. The standard InChI is InChI=1S/C17H22N2O3/c1-22-14-5-2-12(3-6-14)8-9-19-11-17(21)13-4-7-16(20)15(18)10-13/h2-7,10,17,19-21H,8-9,11,18H2,1H3. The zero-order valence-corrected chi connectivity index (χ0v) is 12.6. The van der Waals surface area contributed by atoms with Crippen molar-refractivity contribution in [2.24, 2.45) is 0 Å². The summed E-state index contributed by atoms with van der Waals surface area (Å²) >= 11 is 0. The number of aromatic hydroxyl groups is 1. The van der Waals surface area contributed by atoms with E-state index in [0.717, 1.165) is 18.7 Å². The number of methoxy groups -OCH3 is 1. The highest BCUT2D eigenvalue weighted by molar-refractivity contribution is 5.53. The van der Waals surface area contributed by atoms with Crippen molar-refractivity contribution in [3.63, 3.8) is 0 Å². The number of phenolic OH excluding ortho intramolecular Hbond substituents is 1. The van der Waals surface area contributed by atoms with E-state index in [2.05, 4.69) is 5.32 Å². The van der Waals surface area contributed by atoms with Crippen molar-refractivity contribution in [1.29, 1.82) is 0 Å². The van der Waals surface area contributed by atoms with E-state index in [0.29, 0.717) is 12.1 Å². The minimum Gasteiger partial charge on any atom is -0.506 e. The van der Waals surface area contributed by atoms with Crippen LogP contribution in [-0.2, 0) is 6.42 Å². The number of ether oxygens (including phenoxy) is 1. The molecule has 118 valence electrons. The van der Waals surface area contributed by atoms with Crippen LogP contribution in [0, 0.1) is 0 Å². The maximum atomic E-state index is 10.1. The number of aliphatic hydroxyl groups excluding tert-OH is 1. The zero-order chi connectivity index (χ0) is 15.9. The lowest BCUT2D eigenvalue weighted by Crippen LogP contribution is -2.23. The highest BCUT2D eigenvalue weighted by Gasteiger charge is 2.08. The van der Waals surface area contributed by atoms with Gasteiger partial charge in [-0.3, -0.25) is 0 Å². The predicted octanol–water partition coefficient (Wildman–Crippen LogP) is 1.85. The molecule has 0 spiro atoms. The normalized spacial score (nSPS) is 12.1. The molecule has 1 atom stereocenters. The van der Waals surface area contributed by atoms with Crippen LogP contribution in [0.25, 0.3) is 0 Å². The number of phenols is 1. The lowest BCUT2D eigenvalue weighted by atomic mass is 10.1. The van der Waals surface area contributed by atoms with Crippen LogP contribution in [0.15, 0.2) is 42.5 Å². The smallest absolute Gasteiger partial charge is 0.138 e. The maximum absolute atomic E-state index is 10.1. The van der Waals surface area contributed by atoms with Crippen LogP contribution in [0.5, 0.6) is 11.5 Å². The Morgan fingerprint density at radius 2 is 1.91 bits per heavy atom. The SMILES string of the molecule is COc1ccc(CCNCC(O)c2ccc(O)c(N)c2)cc1. The molecule has 0 aliphatic rings. The summed E-state index contributed by atoms with van der Waals surface area (Å²) in [5.41, 5.74) is 7.79. The first-order valence-electron chi connectivity index (χ1n) is 7.20. The lowest BCUT2D eigenvalue weighted by molar-refractivity contribution is 0.175. The monoisotopic (exact) mass is 302 g/mol. The summed E-state index contributed by atoms with van der Waals surface area (Å²) < 4.78 is 5.12. The first-order chi connectivity index (χ1) is 10.6. The molecule has 5 N–H and O–H groups in total. The molecule has 5 heteroatoms. The second-order valence-electron chi connectivity index (χ2n) is 5.14. The summed E-state index contributed by atoms with van der Waals surface area (Å²) in [4.78, 5) is 0. The Kier molecular flexibility index (Phi) is 5.63. The summed E-state index contributed by atoms with van der Waals surface area (Å²) in [6, 6.07) is 12.7. The Balaban J connectivity index is 1.76. The number of nitrogen functional groups attached to an aromatic ring is 1. The van der Waals surface area contributed by atoms with E-state index in [1.54, 1.807) is 19.2 Å².